The molecule has 0 aromatic heterocycles. The highest BCUT2D eigenvalue weighted by molar-refractivity contribution is 5.76. The third-order valence-electron chi connectivity index (χ3n) is 3.29. The fraction of sp³-hybridized carbons (Fsp3) is 0.500. The lowest BCUT2D eigenvalue weighted by molar-refractivity contribution is -0.151. The van der Waals surface area contributed by atoms with Crippen molar-refractivity contribution in [1.29, 1.82) is 0 Å². The lowest BCUT2D eigenvalue weighted by Gasteiger charge is -2.31. The fourth-order valence-electron chi connectivity index (χ4n) is 2.12. The van der Waals surface area contributed by atoms with E-state index < -0.39 is 18.1 Å². The van der Waals surface area contributed by atoms with Gasteiger partial charge in [-0.05, 0) is 30.8 Å². The van der Waals surface area contributed by atoms with E-state index in [1.54, 1.807) is 4.90 Å². The van der Waals surface area contributed by atoms with Crippen molar-refractivity contribution in [2.75, 3.05) is 20.2 Å². The second-order valence-corrected chi connectivity index (χ2v) is 4.38. The molecule has 0 aliphatic heterocycles. The summed E-state index contributed by atoms with van der Waals surface area (Å²) in [4.78, 5) is 13.7. The summed E-state index contributed by atoms with van der Waals surface area (Å²) in [5.41, 5.74) is 0.336. The van der Waals surface area contributed by atoms with Gasteiger partial charge in [0.2, 0.25) is 0 Å². The Morgan fingerprint density at radius 3 is 2.30 bits per heavy atom. The average molecular weight is 283 g/mol. The van der Waals surface area contributed by atoms with E-state index in [4.69, 9.17) is 4.74 Å². The van der Waals surface area contributed by atoms with E-state index in [-0.39, 0.29) is 11.5 Å². The van der Waals surface area contributed by atoms with Gasteiger partial charge in [0.15, 0.2) is 11.5 Å². The number of carbonyl (C=O) groups is 1. The van der Waals surface area contributed by atoms with Crippen LogP contribution < -0.4 is 0 Å². The molecule has 0 fully saturated rings. The Balaban J connectivity index is 3.11. The molecule has 0 amide bonds. The number of nitrogens with zero attached hydrogens (tertiary/aromatic N) is 1. The Labute approximate surface area is 118 Å². The minimum atomic E-state index is -1.16. The van der Waals surface area contributed by atoms with Gasteiger partial charge in [0.25, 0.3) is 0 Å². The number of hydrogen-bond acceptors (Lipinski definition) is 6. The van der Waals surface area contributed by atoms with Crippen molar-refractivity contribution >= 4 is 5.97 Å². The highest BCUT2D eigenvalue weighted by Crippen LogP contribution is 2.30. The van der Waals surface area contributed by atoms with E-state index in [1.807, 2.05) is 13.8 Å². The summed E-state index contributed by atoms with van der Waals surface area (Å²) in [7, 11) is 1.26. The third kappa shape index (κ3) is 3.40. The Morgan fingerprint density at radius 1 is 1.25 bits per heavy atom. The zero-order valence-electron chi connectivity index (χ0n) is 11.9. The van der Waals surface area contributed by atoms with Gasteiger partial charge in [-0.3, -0.25) is 9.69 Å². The van der Waals surface area contributed by atoms with Crippen LogP contribution in [0.3, 0.4) is 0 Å². The van der Waals surface area contributed by atoms with E-state index in [1.165, 1.54) is 25.3 Å². The SMILES string of the molecule is CCN(CC)[C@H](C(=O)OC)C(O)c1ccc(O)c(O)c1. The molecule has 1 rings (SSSR count). The molecule has 0 heterocycles. The number of ether oxygens (including phenoxy) is 1. The maximum Gasteiger partial charge on any atom is 0.326 e. The molecule has 2 atom stereocenters. The predicted molar refractivity (Wildman–Crippen MR) is 73.5 cm³/mol. The van der Waals surface area contributed by atoms with Crippen LogP contribution in [-0.2, 0) is 9.53 Å². The van der Waals surface area contributed by atoms with Crippen molar-refractivity contribution in [3.8, 4) is 11.5 Å². The molecule has 1 aromatic rings. The molecule has 6 nitrogen and oxygen atoms in total. The van der Waals surface area contributed by atoms with Crippen LogP contribution in [0.25, 0.3) is 0 Å². The highest BCUT2D eigenvalue weighted by atomic mass is 16.5. The standard InChI is InChI=1S/C14H21NO5/c1-4-15(5-2)12(14(19)20-3)13(18)9-6-7-10(16)11(17)8-9/h6-8,12-13,16-18H,4-5H2,1-3H3/t12-,13?/m0/s1. The van der Waals surface area contributed by atoms with Crippen LogP contribution in [0, 0.1) is 0 Å². The average Bonchev–Trinajstić information content (AvgIpc) is 2.46. The molecule has 0 radical (unpaired) electrons. The first-order valence-electron chi connectivity index (χ1n) is 6.48. The van der Waals surface area contributed by atoms with Crippen LogP contribution in [0.4, 0.5) is 0 Å². The van der Waals surface area contributed by atoms with Gasteiger partial charge in [-0.15, -0.1) is 0 Å². The van der Waals surface area contributed by atoms with Crippen molar-refractivity contribution in [2.24, 2.45) is 0 Å². The van der Waals surface area contributed by atoms with Crippen molar-refractivity contribution in [3.63, 3.8) is 0 Å². The summed E-state index contributed by atoms with van der Waals surface area (Å²) in [5.74, 6) is -1.17. The van der Waals surface area contributed by atoms with Crippen molar-refractivity contribution in [2.45, 2.75) is 26.0 Å². The summed E-state index contributed by atoms with van der Waals surface area (Å²) in [6, 6.07) is 3.10. The molecule has 3 N–H and O–H groups in total. The number of phenols is 2. The van der Waals surface area contributed by atoms with Crippen molar-refractivity contribution < 1.29 is 24.9 Å². The van der Waals surface area contributed by atoms with Crippen LogP contribution >= 0.6 is 0 Å². The Kier molecular flexibility index (Phi) is 5.79. The largest absolute Gasteiger partial charge is 0.504 e. The number of aliphatic hydroxyl groups excluding tert-OH is 1. The molecule has 0 saturated heterocycles. The number of likely N-dealkylation sites (N-methyl/N-ethyl adjacent to an activating group) is 1. The van der Waals surface area contributed by atoms with Crippen LogP contribution in [0.2, 0.25) is 0 Å². The molecular formula is C14H21NO5. The van der Waals surface area contributed by atoms with Gasteiger partial charge in [-0.25, -0.2) is 0 Å². The zero-order chi connectivity index (χ0) is 15.3. The first-order chi connectivity index (χ1) is 9.46. The quantitative estimate of drug-likeness (QED) is 0.533. The molecule has 1 aromatic carbocycles. The summed E-state index contributed by atoms with van der Waals surface area (Å²) in [6.07, 6.45) is -1.16. The van der Waals surface area contributed by atoms with Gasteiger partial charge in [0.1, 0.15) is 12.1 Å². The molecule has 6 heteroatoms. The minimum absolute atomic E-state index is 0.279. The van der Waals surface area contributed by atoms with Gasteiger partial charge < -0.3 is 20.1 Å². The minimum Gasteiger partial charge on any atom is -0.504 e. The molecule has 0 spiro atoms. The smallest absolute Gasteiger partial charge is 0.326 e. The number of hydrogen-bond donors (Lipinski definition) is 3. The molecule has 0 bridgehead atoms. The molecular weight excluding hydrogens is 262 g/mol. The van der Waals surface area contributed by atoms with Crippen LogP contribution in [0.5, 0.6) is 11.5 Å². The van der Waals surface area contributed by atoms with Crippen LogP contribution in [0.1, 0.15) is 25.5 Å². The number of methoxy groups -OCH3 is 1. The second-order valence-electron chi connectivity index (χ2n) is 4.38. The Hall–Kier alpha value is -1.79. The third-order valence-corrected chi connectivity index (χ3v) is 3.29. The predicted octanol–water partition coefficient (Wildman–Crippen LogP) is 1.01. The number of phenolic OH excluding ortho intramolecular Hbond substituents is 2. The molecule has 0 aliphatic rings. The second kappa shape index (κ2) is 7.12. The fourth-order valence-corrected chi connectivity index (χ4v) is 2.12. The van der Waals surface area contributed by atoms with Gasteiger partial charge in [0.05, 0.1) is 7.11 Å². The molecule has 0 saturated carbocycles. The summed E-state index contributed by atoms with van der Waals surface area (Å²) >= 11 is 0. The van der Waals surface area contributed by atoms with Crippen molar-refractivity contribution in [1.82, 2.24) is 4.90 Å². The first-order valence-corrected chi connectivity index (χ1v) is 6.48. The monoisotopic (exact) mass is 283 g/mol. The number of aromatic hydroxyl groups is 2. The Morgan fingerprint density at radius 2 is 1.85 bits per heavy atom. The van der Waals surface area contributed by atoms with E-state index in [9.17, 15) is 20.1 Å². The highest BCUT2D eigenvalue weighted by Gasteiger charge is 2.33. The van der Waals surface area contributed by atoms with Crippen LogP contribution in [-0.4, -0.2) is 52.4 Å². The van der Waals surface area contributed by atoms with E-state index >= 15 is 0 Å². The van der Waals surface area contributed by atoms with Crippen molar-refractivity contribution in [3.05, 3.63) is 23.8 Å². The first kappa shape index (κ1) is 16.3. The van der Waals surface area contributed by atoms with Gasteiger partial charge in [-0.2, -0.15) is 0 Å². The lowest BCUT2D eigenvalue weighted by Crippen LogP contribution is -2.45. The number of aliphatic hydroxyl groups is 1. The maximum atomic E-state index is 11.9. The number of rotatable bonds is 6. The number of carbonyl (C=O) groups excluding carboxylic acids is 1. The topological polar surface area (TPSA) is 90.2 Å². The number of benzene rings is 1. The number of esters is 1. The van der Waals surface area contributed by atoms with Crippen LogP contribution in [0.15, 0.2) is 18.2 Å². The molecule has 1 unspecified atom stereocenters. The Bertz CT molecular complexity index is 459. The summed E-state index contributed by atoms with van der Waals surface area (Å²) < 4.78 is 4.74. The molecule has 0 aliphatic carbocycles. The summed E-state index contributed by atoms with van der Waals surface area (Å²) in [6.45, 7) is 4.88. The van der Waals surface area contributed by atoms with E-state index in [0.29, 0.717) is 18.7 Å². The summed E-state index contributed by atoms with van der Waals surface area (Å²) in [5, 5.41) is 29.2. The normalized spacial score (nSPS) is 14.1. The molecule has 20 heavy (non-hydrogen) atoms. The molecule has 112 valence electrons. The van der Waals surface area contributed by atoms with Gasteiger partial charge >= 0.3 is 5.97 Å². The van der Waals surface area contributed by atoms with Gasteiger partial charge in [-0.1, -0.05) is 19.9 Å². The van der Waals surface area contributed by atoms with Gasteiger partial charge in [0, 0.05) is 0 Å². The zero-order valence-corrected chi connectivity index (χ0v) is 11.9. The lowest BCUT2D eigenvalue weighted by atomic mass is 10.00. The van der Waals surface area contributed by atoms with E-state index in [2.05, 4.69) is 0 Å². The van der Waals surface area contributed by atoms with E-state index in [0.717, 1.165) is 0 Å². The maximum absolute atomic E-state index is 11.9.